The normalized spacial score (nSPS) is 22.1. The van der Waals surface area contributed by atoms with Crippen LogP contribution in [0.15, 0.2) is 0 Å². The molecule has 30 heavy (non-hydrogen) atoms. The van der Waals surface area contributed by atoms with Crippen LogP contribution in [0, 0.1) is 0 Å². The third-order valence-corrected chi connectivity index (χ3v) is 6.65. The molecule has 0 aromatic carbocycles. The number of nitrogens with two attached hydrogens (primary N) is 2. The first-order valence-corrected chi connectivity index (χ1v) is 12.3. The molecule has 176 valence electrons. The quantitative estimate of drug-likeness (QED) is 0.133. The Hall–Kier alpha value is -1.07. The second-order valence-electron chi connectivity index (χ2n) is 7.75. The molecule has 0 spiro atoms. The van der Waals surface area contributed by atoms with Crippen molar-refractivity contribution in [1.82, 2.24) is 21.3 Å². The van der Waals surface area contributed by atoms with Crippen LogP contribution in [-0.2, 0) is 4.79 Å². The highest BCUT2D eigenvalue weighted by Gasteiger charge is 2.42. The molecule has 9 N–H and O–H groups in total. The number of amides is 2. The summed E-state index contributed by atoms with van der Waals surface area (Å²) in [6, 6.07) is 0.440. The summed E-state index contributed by atoms with van der Waals surface area (Å²) in [5.74, 6) is 0.236. The SMILES string of the molecule is NCCCNCCCCNCCCN.O=C(O)CCCC[C@@H]1SC[C@@H]2NC(=O)N[C@@H]21. The van der Waals surface area contributed by atoms with E-state index in [2.05, 4.69) is 21.3 Å². The fourth-order valence-electron chi connectivity index (χ4n) is 3.47. The Morgan fingerprint density at radius 2 is 1.57 bits per heavy atom. The van der Waals surface area contributed by atoms with Gasteiger partial charge in [0.05, 0.1) is 12.1 Å². The number of nitrogens with one attached hydrogen (secondary N) is 4. The van der Waals surface area contributed by atoms with Gasteiger partial charge >= 0.3 is 12.0 Å². The Labute approximate surface area is 185 Å². The van der Waals surface area contributed by atoms with E-state index >= 15 is 0 Å². The molecule has 2 aliphatic rings. The predicted octanol–water partition coefficient (Wildman–Crippen LogP) is 0.440. The molecule has 0 unspecified atom stereocenters. The van der Waals surface area contributed by atoms with Gasteiger partial charge in [0.25, 0.3) is 0 Å². The average molecular weight is 447 g/mol. The zero-order valence-corrected chi connectivity index (χ0v) is 19.0. The maximum atomic E-state index is 11.1. The molecule has 0 radical (unpaired) electrons. The van der Waals surface area contributed by atoms with Gasteiger partial charge in [-0.3, -0.25) is 4.79 Å². The summed E-state index contributed by atoms with van der Waals surface area (Å²) in [4.78, 5) is 21.5. The minimum Gasteiger partial charge on any atom is -0.481 e. The molecule has 3 atom stereocenters. The third-order valence-electron chi connectivity index (χ3n) is 5.14. The summed E-state index contributed by atoms with van der Waals surface area (Å²) in [5, 5.41) is 21.5. The van der Waals surface area contributed by atoms with Gasteiger partial charge in [-0.25, -0.2) is 4.79 Å². The molecule has 0 saturated carbocycles. The molecule has 2 heterocycles. The molecule has 0 aliphatic carbocycles. The van der Waals surface area contributed by atoms with Gasteiger partial charge in [0.2, 0.25) is 0 Å². The maximum absolute atomic E-state index is 11.1. The number of carboxylic acid groups (broad SMARTS) is 1. The van der Waals surface area contributed by atoms with E-state index in [-0.39, 0.29) is 24.5 Å². The van der Waals surface area contributed by atoms with Crippen molar-refractivity contribution in [3.8, 4) is 0 Å². The van der Waals surface area contributed by atoms with Crippen LogP contribution >= 0.6 is 11.8 Å². The van der Waals surface area contributed by atoms with Crippen LogP contribution in [0.1, 0.15) is 51.4 Å². The standard InChI is InChI=1S/C10H26N4.C10H16N2O3S/c11-5-3-9-13-7-1-2-8-14-10-4-6-12;13-8(14)4-2-1-3-7-9-6(5-16-7)11-10(15)12-9/h13-14H,1-12H2;6-7,9H,1-5H2,(H,13,14)(H2,11,12,15)/t;6-,7-,9-/m.0/s1. The van der Waals surface area contributed by atoms with Gasteiger partial charge in [0, 0.05) is 17.4 Å². The second-order valence-corrected chi connectivity index (χ2v) is 9.03. The van der Waals surface area contributed by atoms with Crippen molar-refractivity contribution in [3.63, 3.8) is 0 Å². The molecule has 2 rings (SSSR count). The Morgan fingerprint density at radius 3 is 2.13 bits per heavy atom. The number of unbranched alkanes of at least 4 members (excludes halogenated alkanes) is 2. The van der Waals surface area contributed by atoms with Crippen molar-refractivity contribution in [3.05, 3.63) is 0 Å². The molecular weight excluding hydrogens is 404 g/mol. The highest BCUT2D eigenvalue weighted by atomic mass is 32.2. The molecular formula is C20H42N6O3S. The first-order chi connectivity index (χ1) is 14.6. The highest BCUT2D eigenvalue weighted by molar-refractivity contribution is 8.00. The lowest BCUT2D eigenvalue weighted by molar-refractivity contribution is -0.137. The number of aliphatic carboxylic acids is 1. The van der Waals surface area contributed by atoms with Crippen LogP contribution in [0.4, 0.5) is 4.79 Å². The zero-order chi connectivity index (χ0) is 22.0. The van der Waals surface area contributed by atoms with Crippen LogP contribution in [0.5, 0.6) is 0 Å². The second kappa shape index (κ2) is 17.6. The number of carboxylic acids is 1. The van der Waals surface area contributed by atoms with Crippen molar-refractivity contribution in [2.24, 2.45) is 11.5 Å². The molecule has 0 bridgehead atoms. The van der Waals surface area contributed by atoms with Gasteiger partial charge in [0.15, 0.2) is 0 Å². The molecule has 0 aromatic rings. The van der Waals surface area contributed by atoms with Gasteiger partial charge in [0.1, 0.15) is 0 Å². The van der Waals surface area contributed by atoms with E-state index in [9.17, 15) is 9.59 Å². The van der Waals surface area contributed by atoms with Gasteiger partial charge in [-0.05, 0) is 77.8 Å². The fraction of sp³-hybridized carbons (Fsp3) is 0.900. The van der Waals surface area contributed by atoms with Crippen LogP contribution in [0.2, 0.25) is 0 Å². The molecule has 2 saturated heterocycles. The van der Waals surface area contributed by atoms with E-state index in [4.69, 9.17) is 16.6 Å². The van der Waals surface area contributed by atoms with Gasteiger partial charge in [-0.1, -0.05) is 6.42 Å². The van der Waals surface area contributed by atoms with Crippen molar-refractivity contribution in [1.29, 1.82) is 0 Å². The lowest BCUT2D eigenvalue weighted by Crippen LogP contribution is -2.36. The number of carbonyl (C=O) groups excluding carboxylic acids is 1. The summed E-state index contributed by atoms with van der Waals surface area (Å²) >= 11 is 1.87. The minimum atomic E-state index is -0.729. The smallest absolute Gasteiger partial charge is 0.315 e. The van der Waals surface area contributed by atoms with E-state index in [0.29, 0.717) is 5.25 Å². The predicted molar refractivity (Wildman–Crippen MR) is 124 cm³/mol. The Morgan fingerprint density at radius 1 is 0.967 bits per heavy atom. The first-order valence-electron chi connectivity index (χ1n) is 11.3. The lowest BCUT2D eigenvalue weighted by Gasteiger charge is -2.16. The molecule has 9 nitrogen and oxygen atoms in total. The summed E-state index contributed by atoms with van der Waals surface area (Å²) in [5.41, 5.74) is 10.8. The summed E-state index contributed by atoms with van der Waals surface area (Å²) in [7, 11) is 0. The van der Waals surface area contributed by atoms with Crippen LogP contribution in [0.3, 0.4) is 0 Å². The number of hydrogen-bond donors (Lipinski definition) is 7. The third kappa shape index (κ3) is 12.6. The number of rotatable bonds is 16. The van der Waals surface area contributed by atoms with Crippen molar-refractivity contribution in [2.45, 2.75) is 68.7 Å². The van der Waals surface area contributed by atoms with Crippen LogP contribution < -0.4 is 32.7 Å². The van der Waals surface area contributed by atoms with E-state index < -0.39 is 5.97 Å². The summed E-state index contributed by atoms with van der Waals surface area (Å²) < 4.78 is 0. The Kier molecular flexibility index (Phi) is 15.8. The van der Waals surface area contributed by atoms with E-state index in [1.54, 1.807) is 0 Å². The molecule has 2 aliphatic heterocycles. The first kappa shape index (κ1) is 27.0. The van der Waals surface area contributed by atoms with E-state index in [1.165, 1.54) is 12.8 Å². The van der Waals surface area contributed by atoms with Crippen LogP contribution in [-0.4, -0.2) is 79.5 Å². The van der Waals surface area contributed by atoms with E-state index in [1.807, 2.05) is 11.8 Å². The summed E-state index contributed by atoms with van der Waals surface area (Å²) in [6.07, 6.45) is 7.51. The zero-order valence-electron chi connectivity index (χ0n) is 18.2. The largest absolute Gasteiger partial charge is 0.481 e. The van der Waals surface area contributed by atoms with Gasteiger partial charge < -0.3 is 37.8 Å². The highest BCUT2D eigenvalue weighted by Crippen LogP contribution is 2.33. The average Bonchev–Trinajstić information content (AvgIpc) is 3.26. The number of urea groups is 1. The number of fused-ring (bicyclic) bond motifs is 1. The lowest BCUT2D eigenvalue weighted by atomic mass is 10.0. The fourth-order valence-corrected chi connectivity index (χ4v) is 5.01. The Bertz CT molecular complexity index is 460. The van der Waals surface area contributed by atoms with Crippen molar-refractivity contribution >= 4 is 23.8 Å². The minimum absolute atomic E-state index is 0.0640. The monoisotopic (exact) mass is 446 g/mol. The number of carbonyl (C=O) groups is 2. The van der Waals surface area contributed by atoms with Crippen LogP contribution in [0.25, 0.3) is 0 Å². The number of hydrogen-bond acceptors (Lipinski definition) is 7. The van der Waals surface area contributed by atoms with Crippen molar-refractivity contribution in [2.75, 3.05) is 45.0 Å². The van der Waals surface area contributed by atoms with E-state index in [0.717, 1.165) is 77.1 Å². The van der Waals surface area contributed by atoms with Gasteiger partial charge in [-0.2, -0.15) is 11.8 Å². The topological polar surface area (TPSA) is 155 Å². The molecule has 2 amide bonds. The van der Waals surface area contributed by atoms with Crippen molar-refractivity contribution < 1.29 is 14.7 Å². The molecule has 0 aromatic heterocycles. The van der Waals surface area contributed by atoms with Gasteiger partial charge in [-0.15, -0.1) is 0 Å². The molecule has 10 heteroatoms. The number of thioether (sulfide) groups is 1. The molecule has 2 fully saturated rings. The maximum Gasteiger partial charge on any atom is 0.315 e. The summed E-state index contributed by atoms with van der Waals surface area (Å²) in [6.45, 7) is 5.90. The Balaban J connectivity index is 0.000000304.